The van der Waals surface area contributed by atoms with Crippen molar-refractivity contribution in [3.05, 3.63) is 77.5 Å². The van der Waals surface area contributed by atoms with Gasteiger partial charge in [0.05, 0.1) is 12.7 Å². The number of carbonyl (C=O) groups is 2. The molecular formula is C22H21N3O4S. The number of amides is 1. The minimum absolute atomic E-state index is 0.0489. The van der Waals surface area contributed by atoms with Crippen LogP contribution in [-0.2, 0) is 6.42 Å². The Kier molecular flexibility index (Phi) is 7.40. The van der Waals surface area contributed by atoms with E-state index in [-0.39, 0.29) is 17.3 Å². The molecule has 0 aliphatic heterocycles. The zero-order valence-corrected chi connectivity index (χ0v) is 17.2. The molecule has 0 fully saturated rings. The van der Waals surface area contributed by atoms with Crippen molar-refractivity contribution >= 4 is 29.5 Å². The molecule has 0 unspecified atom stereocenters. The van der Waals surface area contributed by atoms with Crippen LogP contribution >= 0.6 is 11.8 Å². The molecule has 0 aliphatic carbocycles. The molecule has 0 atom stereocenters. The van der Waals surface area contributed by atoms with Crippen LogP contribution in [0.3, 0.4) is 0 Å². The molecule has 0 radical (unpaired) electrons. The molecular weight excluding hydrogens is 402 g/mol. The number of nitrogens with one attached hydrogen (secondary N) is 1. The molecule has 0 spiro atoms. The number of ether oxygens (including phenoxy) is 1. The number of hydrogen-bond donors (Lipinski definition) is 2. The second-order valence-electron chi connectivity index (χ2n) is 6.37. The summed E-state index contributed by atoms with van der Waals surface area (Å²) in [5.41, 5.74) is 1.72. The molecule has 0 saturated carbocycles. The van der Waals surface area contributed by atoms with Gasteiger partial charge in [0.15, 0.2) is 0 Å². The van der Waals surface area contributed by atoms with Gasteiger partial charge in [-0.05, 0) is 42.4 Å². The smallest absolute Gasteiger partial charge is 0.337 e. The molecule has 2 aromatic heterocycles. The standard InChI is InChI=1S/C22H21N3O4S/c1-29-19-12-17(21(26)24-18-10-9-16(14-23-18)22(27)28)13-20(25-19)30-11-5-8-15-6-3-2-4-7-15/h2-4,6-7,9-10,12-14H,5,8,11H2,1H3,(H,27,28)(H,23,24,26). The SMILES string of the molecule is COc1cc(C(=O)Nc2ccc(C(=O)O)cn2)cc(SCCCc2ccccc2)n1. The van der Waals surface area contributed by atoms with E-state index < -0.39 is 5.97 Å². The minimum atomic E-state index is -1.08. The summed E-state index contributed by atoms with van der Waals surface area (Å²) < 4.78 is 5.23. The Hall–Kier alpha value is -3.39. The maximum atomic E-state index is 12.6. The average Bonchev–Trinajstić information content (AvgIpc) is 2.77. The van der Waals surface area contributed by atoms with Gasteiger partial charge in [0, 0.05) is 17.8 Å². The van der Waals surface area contributed by atoms with Crippen LogP contribution in [0.15, 0.2) is 65.8 Å². The summed E-state index contributed by atoms with van der Waals surface area (Å²) in [6.07, 6.45) is 3.15. The fourth-order valence-electron chi connectivity index (χ4n) is 2.67. The average molecular weight is 423 g/mol. The number of carboxylic acid groups (broad SMARTS) is 1. The Morgan fingerprint density at radius 2 is 1.90 bits per heavy atom. The van der Waals surface area contributed by atoms with Gasteiger partial charge in [0.1, 0.15) is 10.8 Å². The third-order valence-electron chi connectivity index (χ3n) is 4.20. The number of carboxylic acids is 1. The van der Waals surface area contributed by atoms with Crippen molar-refractivity contribution < 1.29 is 19.4 Å². The third-order valence-corrected chi connectivity index (χ3v) is 5.20. The fourth-order valence-corrected chi connectivity index (χ4v) is 3.53. The van der Waals surface area contributed by atoms with Gasteiger partial charge in [0.25, 0.3) is 5.91 Å². The lowest BCUT2D eigenvalue weighted by Gasteiger charge is -2.09. The number of aromatic nitrogens is 2. The lowest BCUT2D eigenvalue weighted by molar-refractivity contribution is 0.0696. The number of benzene rings is 1. The number of rotatable bonds is 9. The molecule has 0 bridgehead atoms. The van der Waals surface area contributed by atoms with Gasteiger partial charge in [-0.25, -0.2) is 14.8 Å². The summed E-state index contributed by atoms with van der Waals surface area (Å²) in [5, 5.41) is 12.3. The molecule has 0 aliphatic rings. The second-order valence-corrected chi connectivity index (χ2v) is 7.48. The number of methoxy groups -OCH3 is 1. The molecule has 8 heteroatoms. The highest BCUT2D eigenvalue weighted by atomic mass is 32.2. The lowest BCUT2D eigenvalue weighted by Crippen LogP contribution is -2.14. The van der Waals surface area contributed by atoms with Gasteiger partial charge < -0.3 is 15.2 Å². The number of hydrogen-bond acceptors (Lipinski definition) is 6. The normalized spacial score (nSPS) is 10.4. The summed E-state index contributed by atoms with van der Waals surface area (Å²) in [6, 6.07) is 16.3. The molecule has 2 heterocycles. The first-order valence-corrected chi connectivity index (χ1v) is 10.3. The van der Waals surface area contributed by atoms with Crippen molar-refractivity contribution in [3.8, 4) is 5.88 Å². The van der Waals surface area contributed by atoms with Crippen LogP contribution < -0.4 is 10.1 Å². The Labute approximate surface area is 178 Å². The highest BCUT2D eigenvalue weighted by Gasteiger charge is 2.12. The topological polar surface area (TPSA) is 101 Å². The Bertz CT molecular complexity index is 1010. The predicted molar refractivity (Wildman–Crippen MR) is 115 cm³/mol. The zero-order chi connectivity index (χ0) is 21.3. The molecule has 154 valence electrons. The van der Waals surface area contributed by atoms with E-state index in [4.69, 9.17) is 9.84 Å². The van der Waals surface area contributed by atoms with E-state index in [1.54, 1.807) is 23.9 Å². The van der Waals surface area contributed by atoms with E-state index in [2.05, 4.69) is 27.4 Å². The third kappa shape index (κ3) is 6.05. The summed E-state index contributed by atoms with van der Waals surface area (Å²) in [7, 11) is 1.50. The van der Waals surface area contributed by atoms with Crippen molar-refractivity contribution in [2.75, 3.05) is 18.2 Å². The summed E-state index contributed by atoms with van der Waals surface area (Å²) in [6.45, 7) is 0. The predicted octanol–water partition coefficient (Wildman–Crippen LogP) is 4.16. The minimum Gasteiger partial charge on any atom is -0.481 e. The lowest BCUT2D eigenvalue weighted by atomic mass is 10.1. The summed E-state index contributed by atoms with van der Waals surface area (Å²) in [4.78, 5) is 31.9. The number of nitrogens with zero attached hydrogens (tertiary/aromatic N) is 2. The van der Waals surface area contributed by atoms with Gasteiger partial charge in [-0.1, -0.05) is 30.3 Å². The van der Waals surface area contributed by atoms with Crippen LogP contribution in [0.4, 0.5) is 5.82 Å². The summed E-state index contributed by atoms with van der Waals surface area (Å²) in [5.74, 6) is 0.0137. The second kappa shape index (κ2) is 10.4. The quantitative estimate of drug-likeness (QED) is 0.394. The molecule has 3 aromatic rings. The van der Waals surface area contributed by atoms with Crippen molar-refractivity contribution in [1.29, 1.82) is 0 Å². The molecule has 3 rings (SSSR count). The monoisotopic (exact) mass is 423 g/mol. The van der Waals surface area contributed by atoms with Crippen LogP contribution in [0.5, 0.6) is 5.88 Å². The van der Waals surface area contributed by atoms with Crippen molar-refractivity contribution in [2.24, 2.45) is 0 Å². The number of carbonyl (C=O) groups excluding carboxylic acids is 1. The molecule has 30 heavy (non-hydrogen) atoms. The van der Waals surface area contributed by atoms with Crippen molar-refractivity contribution in [1.82, 2.24) is 9.97 Å². The number of thioether (sulfide) groups is 1. The van der Waals surface area contributed by atoms with E-state index in [1.165, 1.54) is 31.0 Å². The van der Waals surface area contributed by atoms with E-state index in [0.717, 1.165) is 18.6 Å². The van der Waals surface area contributed by atoms with E-state index in [1.807, 2.05) is 18.2 Å². The largest absolute Gasteiger partial charge is 0.481 e. The number of pyridine rings is 2. The zero-order valence-electron chi connectivity index (χ0n) is 16.4. The van der Waals surface area contributed by atoms with Gasteiger partial charge in [-0.3, -0.25) is 4.79 Å². The maximum absolute atomic E-state index is 12.6. The van der Waals surface area contributed by atoms with Crippen LogP contribution in [-0.4, -0.2) is 39.8 Å². The van der Waals surface area contributed by atoms with E-state index in [0.29, 0.717) is 16.5 Å². The first-order valence-electron chi connectivity index (χ1n) is 9.28. The van der Waals surface area contributed by atoms with E-state index >= 15 is 0 Å². The molecule has 0 saturated heterocycles. The molecule has 1 amide bonds. The van der Waals surface area contributed by atoms with Crippen LogP contribution in [0.1, 0.15) is 32.7 Å². The van der Waals surface area contributed by atoms with Gasteiger partial charge in [-0.2, -0.15) is 0 Å². The van der Waals surface area contributed by atoms with E-state index in [9.17, 15) is 9.59 Å². The first kappa shape index (κ1) is 21.3. The maximum Gasteiger partial charge on any atom is 0.337 e. The fraction of sp³-hybridized carbons (Fsp3) is 0.182. The highest BCUT2D eigenvalue weighted by molar-refractivity contribution is 7.99. The first-order chi connectivity index (χ1) is 14.5. The molecule has 2 N–H and O–H groups in total. The van der Waals surface area contributed by atoms with Crippen LogP contribution in [0, 0.1) is 0 Å². The highest BCUT2D eigenvalue weighted by Crippen LogP contribution is 2.23. The van der Waals surface area contributed by atoms with Gasteiger partial charge >= 0.3 is 5.97 Å². The van der Waals surface area contributed by atoms with Crippen LogP contribution in [0.2, 0.25) is 0 Å². The van der Waals surface area contributed by atoms with Gasteiger partial charge in [0.2, 0.25) is 5.88 Å². The number of anilines is 1. The molecule has 7 nitrogen and oxygen atoms in total. The van der Waals surface area contributed by atoms with Gasteiger partial charge in [-0.15, -0.1) is 11.8 Å². The molecule has 1 aromatic carbocycles. The number of aryl methyl sites for hydroxylation is 1. The van der Waals surface area contributed by atoms with Crippen molar-refractivity contribution in [3.63, 3.8) is 0 Å². The Morgan fingerprint density at radius 3 is 2.57 bits per heavy atom. The number of aromatic carboxylic acids is 1. The Balaban J connectivity index is 1.62. The van der Waals surface area contributed by atoms with Crippen LogP contribution in [0.25, 0.3) is 0 Å². The Morgan fingerprint density at radius 1 is 1.10 bits per heavy atom. The van der Waals surface area contributed by atoms with Crippen molar-refractivity contribution in [2.45, 2.75) is 17.9 Å². The summed E-state index contributed by atoms with van der Waals surface area (Å²) >= 11 is 1.56.